The summed E-state index contributed by atoms with van der Waals surface area (Å²) in [6.45, 7) is 0. The summed E-state index contributed by atoms with van der Waals surface area (Å²) in [6, 6.07) is 70.6. The molecule has 0 saturated heterocycles. The van der Waals surface area contributed by atoms with Gasteiger partial charge in [-0.2, -0.15) is 0 Å². The first-order valence-corrected chi connectivity index (χ1v) is 21.6. The molecule has 2 aromatic heterocycles. The number of para-hydroxylation sites is 2. The lowest BCUT2D eigenvalue weighted by molar-refractivity contribution is 0.399. The van der Waals surface area contributed by atoms with Gasteiger partial charge in [0.1, 0.15) is 18.2 Å². The molecule has 0 amide bonds. The van der Waals surface area contributed by atoms with Gasteiger partial charge >= 0.3 is 0 Å². The van der Waals surface area contributed by atoms with Crippen molar-refractivity contribution in [3.63, 3.8) is 0 Å². The fraction of sp³-hybridized carbons (Fsp3) is 0.0702. The second-order valence-corrected chi connectivity index (χ2v) is 16.8. The number of fused-ring (bicyclic) bond motifs is 11. The quantitative estimate of drug-likeness (QED) is 0.182. The molecule has 0 radical (unpaired) electrons. The number of rotatable bonds is 5. The molecule has 5 heteroatoms. The largest absolute Gasteiger partial charge is 0.354 e. The van der Waals surface area contributed by atoms with Crippen molar-refractivity contribution in [1.82, 2.24) is 19.8 Å². The van der Waals surface area contributed by atoms with Gasteiger partial charge in [0, 0.05) is 39.1 Å². The van der Waals surface area contributed by atoms with E-state index in [4.69, 9.17) is 4.99 Å². The van der Waals surface area contributed by atoms with E-state index in [-0.39, 0.29) is 18.2 Å². The van der Waals surface area contributed by atoms with Crippen molar-refractivity contribution in [3.05, 3.63) is 223 Å². The minimum atomic E-state index is -0.236. The molecule has 3 atom stereocenters. The second-order valence-electron chi connectivity index (χ2n) is 16.8. The van der Waals surface area contributed by atoms with Crippen LogP contribution in [0.3, 0.4) is 0 Å². The third kappa shape index (κ3) is 5.49. The summed E-state index contributed by atoms with van der Waals surface area (Å²) in [5.74, 6) is 1.07. The van der Waals surface area contributed by atoms with Crippen LogP contribution >= 0.6 is 0 Å². The Kier molecular flexibility index (Phi) is 7.87. The number of nitrogens with zero attached hydrogens (tertiary/aromatic N) is 3. The van der Waals surface area contributed by atoms with Crippen molar-refractivity contribution in [1.29, 1.82) is 0 Å². The predicted molar refractivity (Wildman–Crippen MR) is 258 cm³/mol. The highest BCUT2D eigenvalue weighted by atomic mass is 15.3. The summed E-state index contributed by atoms with van der Waals surface area (Å²) in [4.78, 5) is 5.48. The monoisotopic (exact) mass is 795 g/mol. The van der Waals surface area contributed by atoms with Gasteiger partial charge in [0.05, 0.1) is 16.6 Å². The highest BCUT2D eigenvalue weighted by Crippen LogP contribution is 2.41. The van der Waals surface area contributed by atoms with Gasteiger partial charge in [-0.25, -0.2) is 4.99 Å². The van der Waals surface area contributed by atoms with E-state index in [1.54, 1.807) is 0 Å². The summed E-state index contributed by atoms with van der Waals surface area (Å²) >= 11 is 0. The number of nitrogens with one attached hydrogen (secondary N) is 2. The Bertz CT molecular complexity index is 3540. The van der Waals surface area contributed by atoms with Gasteiger partial charge in [-0.1, -0.05) is 152 Å². The van der Waals surface area contributed by atoms with Crippen LogP contribution in [0.1, 0.15) is 34.7 Å². The van der Waals surface area contributed by atoms with Crippen molar-refractivity contribution >= 4 is 76.9 Å². The maximum atomic E-state index is 5.48. The fourth-order valence-electron chi connectivity index (χ4n) is 10.4. The van der Waals surface area contributed by atoms with E-state index >= 15 is 0 Å². The highest BCUT2D eigenvalue weighted by Gasteiger charge is 2.31. The van der Waals surface area contributed by atoms with Crippen LogP contribution in [0.4, 0.5) is 0 Å². The zero-order chi connectivity index (χ0) is 40.7. The van der Waals surface area contributed by atoms with E-state index < -0.39 is 0 Å². The van der Waals surface area contributed by atoms with E-state index in [9.17, 15) is 0 Å². The second kappa shape index (κ2) is 13.9. The molecular formula is C57H41N5. The van der Waals surface area contributed by atoms with Crippen LogP contribution < -0.4 is 10.6 Å². The van der Waals surface area contributed by atoms with E-state index in [1.807, 2.05) is 0 Å². The van der Waals surface area contributed by atoms with Crippen molar-refractivity contribution in [2.24, 2.45) is 10.9 Å². The number of benzene rings is 9. The molecule has 11 aromatic rings. The Labute approximate surface area is 358 Å². The lowest BCUT2D eigenvalue weighted by Gasteiger charge is -2.35. The molecule has 0 bridgehead atoms. The predicted octanol–water partition coefficient (Wildman–Crippen LogP) is 13.4. The van der Waals surface area contributed by atoms with Crippen LogP contribution in [0.15, 0.2) is 205 Å². The van der Waals surface area contributed by atoms with Crippen LogP contribution in [0, 0.1) is 5.92 Å². The van der Waals surface area contributed by atoms with E-state index in [1.165, 1.54) is 82.0 Å². The number of aromatic nitrogens is 2. The van der Waals surface area contributed by atoms with Crippen LogP contribution in [0.2, 0.25) is 0 Å². The zero-order valence-corrected chi connectivity index (χ0v) is 33.9. The van der Waals surface area contributed by atoms with Gasteiger partial charge in [-0.3, -0.25) is 5.32 Å². The first-order valence-electron chi connectivity index (χ1n) is 21.6. The van der Waals surface area contributed by atoms with E-state index in [0.717, 1.165) is 29.1 Å². The molecule has 0 saturated carbocycles. The normalized spacial score (nSPS) is 17.5. The minimum absolute atomic E-state index is 0.0756. The van der Waals surface area contributed by atoms with Gasteiger partial charge < -0.3 is 14.5 Å². The smallest absolute Gasteiger partial charge is 0.129 e. The average Bonchev–Trinajstić information content (AvgIpc) is 3.87. The third-order valence-corrected chi connectivity index (χ3v) is 13.3. The van der Waals surface area contributed by atoms with Crippen LogP contribution in [0.25, 0.3) is 82.5 Å². The summed E-state index contributed by atoms with van der Waals surface area (Å²) in [7, 11) is 0. The number of hydrogen-bond acceptors (Lipinski definition) is 3. The molecule has 1 aliphatic carbocycles. The number of aliphatic imine (C=N–C) groups is 1. The molecule has 3 unspecified atom stereocenters. The Balaban J connectivity index is 0.909. The molecule has 294 valence electrons. The van der Waals surface area contributed by atoms with Crippen molar-refractivity contribution < 1.29 is 0 Å². The standard InChI is InChI=1S/C57H41N5/c1-2-16-43(17-3-1)61-49-21-11-10-20-47(49)48-35-42(28-31-50(48)61)57-59-55(58-56(60-57)41-23-22-36-12-4-5-15-40(36)34-41)39-24-29-44(30-25-39)62-51-32-26-37-13-6-8-18-45(37)53(51)54-46-19-9-7-14-38(46)27-33-52(54)62/h1-34,42,55-56,58H,35H2,(H,59,60). The fourth-order valence-corrected chi connectivity index (χ4v) is 10.4. The first kappa shape index (κ1) is 35.1. The molecule has 13 rings (SSSR count). The Morgan fingerprint density at radius 2 is 1.05 bits per heavy atom. The topological polar surface area (TPSA) is 46.3 Å². The maximum Gasteiger partial charge on any atom is 0.129 e. The van der Waals surface area contributed by atoms with Gasteiger partial charge in [0.25, 0.3) is 0 Å². The molecule has 2 N–H and O–H groups in total. The van der Waals surface area contributed by atoms with Crippen LogP contribution in [0.5, 0.6) is 0 Å². The van der Waals surface area contributed by atoms with Gasteiger partial charge in [-0.15, -0.1) is 0 Å². The van der Waals surface area contributed by atoms with Crippen molar-refractivity contribution in [2.45, 2.75) is 18.8 Å². The van der Waals surface area contributed by atoms with Gasteiger partial charge in [-0.05, 0) is 110 Å². The Hall–Kier alpha value is -7.73. The van der Waals surface area contributed by atoms with E-state index in [0.29, 0.717) is 0 Å². The van der Waals surface area contributed by atoms with Crippen LogP contribution in [-0.4, -0.2) is 15.0 Å². The maximum absolute atomic E-state index is 5.48. The number of amidine groups is 1. The Morgan fingerprint density at radius 3 is 1.77 bits per heavy atom. The molecule has 3 heterocycles. The molecule has 0 spiro atoms. The summed E-state index contributed by atoms with van der Waals surface area (Å²) < 4.78 is 4.84. The summed E-state index contributed by atoms with van der Waals surface area (Å²) in [6.07, 6.45) is 5.12. The Morgan fingerprint density at radius 1 is 0.468 bits per heavy atom. The van der Waals surface area contributed by atoms with Crippen LogP contribution in [-0.2, 0) is 6.42 Å². The van der Waals surface area contributed by atoms with Crippen molar-refractivity contribution in [3.8, 4) is 11.4 Å². The average molecular weight is 796 g/mol. The van der Waals surface area contributed by atoms with Gasteiger partial charge in [0.15, 0.2) is 0 Å². The van der Waals surface area contributed by atoms with Crippen molar-refractivity contribution in [2.75, 3.05) is 0 Å². The molecular weight excluding hydrogens is 755 g/mol. The molecule has 2 aliphatic rings. The van der Waals surface area contributed by atoms with E-state index in [2.05, 4.69) is 226 Å². The SMILES string of the molecule is C1=CC(C2=NC(c3ccc4ccccc4c3)NC(c3ccc(-n4c5ccc6ccccc6c5c5c6ccccc6ccc54)cc3)N2)Cc2c1n(-c1ccccc1)c1ccccc21. The third-order valence-electron chi connectivity index (χ3n) is 13.3. The summed E-state index contributed by atoms with van der Waals surface area (Å²) in [5.41, 5.74) is 10.9. The highest BCUT2D eigenvalue weighted by molar-refractivity contribution is 6.28. The summed E-state index contributed by atoms with van der Waals surface area (Å²) in [5, 5.41) is 19.2. The lowest BCUT2D eigenvalue weighted by atomic mass is 9.90. The molecule has 1 aliphatic heterocycles. The zero-order valence-electron chi connectivity index (χ0n) is 33.9. The number of hydrogen-bond donors (Lipinski definition) is 2. The minimum Gasteiger partial charge on any atom is -0.354 e. The molecule has 5 nitrogen and oxygen atoms in total. The first-order chi connectivity index (χ1) is 30.7. The lowest BCUT2D eigenvalue weighted by Crippen LogP contribution is -2.47. The molecule has 62 heavy (non-hydrogen) atoms. The molecule has 0 fully saturated rings. The molecule has 9 aromatic carbocycles. The van der Waals surface area contributed by atoms with Gasteiger partial charge in [0.2, 0.25) is 0 Å².